The van der Waals surface area contributed by atoms with Crippen LogP contribution in [0, 0.1) is 0 Å². The van der Waals surface area contributed by atoms with Crippen molar-refractivity contribution in [1.29, 1.82) is 0 Å². The van der Waals surface area contributed by atoms with Crippen LogP contribution in [0.25, 0.3) is 10.0 Å². The lowest BCUT2D eigenvalue weighted by molar-refractivity contribution is 1.22. The van der Waals surface area contributed by atoms with Crippen LogP contribution in [0.1, 0.15) is 5.69 Å². The van der Waals surface area contributed by atoms with Gasteiger partial charge in [-0.25, -0.2) is 9.97 Å². The zero-order valence-electron chi connectivity index (χ0n) is 6.33. The molecule has 6 heteroatoms. The summed E-state index contributed by atoms with van der Waals surface area (Å²) in [6, 6.07) is 0. The highest BCUT2D eigenvalue weighted by atomic mass is 35.5. The number of hydrogen-bond donors (Lipinski definition) is 0. The van der Waals surface area contributed by atoms with E-state index < -0.39 is 0 Å². The lowest BCUT2D eigenvalue weighted by Gasteiger charge is -1.84. The van der Waals surface area contributed by atoms with Gasteiger partial charge < -0.3 is 0 Å². The van der Waals surface area contributed by atoms with Gasteiger partial charge in [0, 0.05) is 5.38 Å². The van der Waals surface area contributed by atoms with Gasteiger partial charge in [0.25, 0.3) is 0 Å². The average molecular weight is 251 g/mol. The van der Waals surface area contributed by atoms with Gasteiger partial charge in [-0.15, -0.1) is 22.9 Å². The van der Waals surface area contributed by atoms with Crippen LogP contribution in [0.4, 0.5) is 0 Å². The standard InChI is InChI=1S/C7H4Cl2N2S2/c8-1-4-3-12-7(11-4)6-10-2-5(9)13-6/h2-3H,1H2. The maximum absolute atomic E-state index is 5.76. The zero-order chi connectivity index (χ0) is 9.26. The van der Waals surface area contributed by atoms with Gasteiger partial charge in [-0.1, -0.05) is 22.9 Å². The predicted octanol–water partition coefficient (Wildman–Crippen LogP) is 3.66. The molecular weight excluding hydrogens is 247 g/mol. The first-order valence-corrected chi connectivity index (χ1v) is 6.02. The molecule has 0 saturated heterocycles. The summed E-state index contributed by atoms with van der Waals surface area (Å²) in [6.07, 6.45) is 1.63. The van der Waals surface area contributed by atoms with Crippen molar-refractivity contribution in [2.75, 3.05) is 0 Å². The van der Waals surface area contributed by atoms with Gasteiger partial charge in [-0.2, -0.15) is 0 Å². The summed E-state index contributed by atoms with van der Waals surface area (Å²) in [4.78, 5) is 8.41. The van der Waals surface area contributed by atoms with E-state index in [0.717, 1.165) is 15.7 Å². The molecule has 0 unspecified atom stereocenters. The molecular formula is C7H4Cl2N2S2. The molecule has 2 aromatic rings. The molecule has 2 aromatic heterocycles. The number of thiazole rings is 2. The largest absolute Gasteiger partial charge is 0.240 e. The van der Waals surface area contributed by atoms with Crippen molar-refractivity contribution in [2.45, 2.75) is 5.88 Å². The van der Waals surface area contributed by atoms with Crippen LogP contribution < -0.4 is 0 Å². The second-order valence-corrected chi connectivity index (χ2v) is 5.03. The van der Waals surface area contributed by atoms with Crippen LogP contribution in [0.5, 0.6) is 0 Å². The second kappa shape index (κ2) is 3.92. The normalized spacial score (nSPS) is 10.6. The number of aromatic nitrogens is 2. The molecule has 0 aliphatic carbocycles. The molecule has 2 rings (SSSR count). The zero-order valence-corrected chi connectivity index (χ0v) is 9.47. The van der Waals surface area contributed by atoms with Crippen molar-refractivity contribution in [3.63, 3.8) is 0 Å². The summed E-state index contributed by atoms with van der Waals surface area (Å²) in [5.41, 5.74) is 0.882. The van der Waals surface area contributed by atoms with E-state index in [4.69, 9.17) is 23.2 Å². The Kier molecular flexibility index (Phi) is 2.83. The van der Waals surface area contributed by atoms with Gasteiger partial charge >= 0.3 is 0 Å². The number of rotatable bonds is 2. The maximum atomic E-state index is 5.76. The molecule has 0 fully saturated rings. The summed E-state index contributed by atoms with van der Waals surface area (Å²) in [5.74, 6) is 0.440. The fraction of sp³-hybridized carbons (Fsp3) is 0.143. The maximum Gasteiger partial charge on any atom is 0.153 e. The third kappa shape index (κ3) is 2.02. The van der Waals surface area contributed by atoms with Gasteiger partial charge in [0.1, 0.15) is 4.34 Å². The van der Waals surface area contributed by atoms with E-state index in [1.165, 1.54) is 22.7 Å². The highest BCUT2D eigenvalue weighted by molar-refractivity contribution is 7.22. The summed E-state index contributed by atoms with van der Waals surface area (Å²) in [7, 11) is 0. The highest BCUT2D eigenvalue weighted by Crippen LogP contribution is 2.30. The van der Waals surface area contributed by atoms with Gasteiger partial charge in [-0.05, 0) is 0 Å². The van der Waals surface area contributed by atoms with E-state index in [1.54, 1.807) is 6.20 Å². The monoisotopic (exact) mass is 250 g/mol. The van der Waals surface area contributed by atoms with E-state index >= 15 is 0 Å². The molecule has 2 nitrogen and oxygen atoms in total. The van der Waals surface area contributed by atoms with Gasteiger partial charge in [-0.3, -0.25) is 0 Å². The number of alkyl halides is 1. The first-order chi connectivity index (χ1) is 6.29. The molecule has 0 radical (unpaired) electrons. The highest BCUT2D eigenvalue weighted by Gasteiger charge is 2.07. The molecule has 68 valence electrons. The van der Waals surface area contributed by atoms with Gasteiger partial charge in [0.2, 0.25) is 0 Å². The molecule has 0 amide bonds. The Morgan fingerprint density at radius 3 is 2.77 bits per heavy atom. The smallest absolute Gasteiger partial charge is 0.153 e. The lowest BCUT2D eigenvalue weighted by Crippen LogP contribution is -1.77. The Balaban J connectivity index is 2.35. The first-order valence-electron chi connectivity index (χ1n) is 3.41. The van der Waals surface area contributed by atoms with Crippen molar-refractivity contribution < 1.29 is 0 Å². The molecule has 0 aliphatic heterocycles. The number of halogens is 2. The van der Waals surface area contributed by atoms with Crippen molar-refractivity contribution in [2.24, 2.45) is 0 Å². The fourth-order valence-corrected chi connectivity index (χ4v) is 2.82. The van der Waals surface area contributed by atoms with Crippen molar-refractivity contribution in [3.05, 3.63) is 21.6 Å². The molecule has 0 N–H and O–H groups in total. The number of nitrogens with zero attached hydrogens (tertiary/aromatic N) is 2. The van der Waals surface area contributed by atoms with Crippen LogP contribution in [0.15, 0.2) is 11.6 Å². The van der Waals surface area contributed by atoms with Crippen molar-refractivity contribution >= 4 is 45.9 Å². The Labute approximate surface area is 93.2 Å². The second-order valence-electron chi connectivity index (χ2n) is 2.25. The molecule has 0 aromatic carbocycles. The van der Waals surface area contributed by atoms with E-state index in [2.05, 4.69) is 9.97 Å². The lowest BCUT2D eigenvalue weighted by atomic mass is 10.6. The minimum Gasteiger partial charge on any atom is -0.240 e. The molecule has 0 atom stereocenters. The summed E-state index contributed by atoms with van der Waals surface area (Å²) >= 11 is 14.3. The Morgan fingerprint density at radius 2 is 2.23 bits per heavy atom. The third-order valence-electron chi connectivity index (χ3n) is 1.35. The van der Waals surface area contributed by atoms with Crippen LogP contribution in [0.3, 0.4) is 0 Å². The molecule has 0 aliphatic rings. The molecule has 0 saturated carbocycles. The Bertz CT molecular complexity index is 410. The molecule has 2 heterocycles. The molecule has 0 spiro atoms. The topological polar surface area (TPSA) is 25.8 Å². The van der Waals surface area contributed by atoms with Gasteiger partial charge in [0.15, 0.2) is 10.0 Å². The van der Waals surface area contributed by atoms with Crippen molar-refractivity contribution in [3.8, 4) is 10.0 Å². The third-order valence-corrected chi connectivity index (χ3v) is 3.77. The SMILES string of the molecule is ClCc1csc(-c2ncc(Cl)s2)n1. The molecule has 13 heavy (non-hydrogen) atoms. The van der Waals surface area contributed by atoms with E-state index in [-0.39, 0.29) is 0 Å². The van der Waals surface area contributed by atoms with Gasteiger partial charge in [0.05, 0.1) is 17.8 Å². The Morgan fingerprint density at radius 1 is 1.38 bits per heavy atom. The predicted molar refractivity (Wildman–Crippen MR) is 57.8 cm³/mol. The Hall–Kier alpha value is -0.160. The van der Waals surface area contributed by atoms with Crippen LogP contribution in [-0.4, -0.2) is 9.97 Å². The fourth-order valence-electron chi connectivity index (χ4n) is 0.820. The van der Waals surface area contributed by atoms with Crippen LogP contribution in [-0.2, 0) is 5.88 Å². The molecule has 0 bridgehead atoms. The summed E-state index contributed by atoms with van der Waals surface area (Å²) in [6.45, 7) is 0. The van der Waals surface area contributed by atoms with E-state index in [1.807, 2.05) is 5.38 Å². The first kappa shape index (κ1) is 9.40. The van der Waals surface area contributed by atoms with E-state index in [0.29, 0.717) is 10.2 Å². The van der Waals surface area contributed by atoms with E-state index in [9.17, 15) is 0 Å². The summed E-state index contributed by atoms with van der Waals surface area (Å²) in [5, 5.41) is 3.66. The number of hydrogen-bond acceptors (Lipinski definition) is 4. The minimum absolute atomic E-state index is 0.440. The van der Waals surface area contributed by atoms with Crippen LogP contribution >= 0.6 is 45.9 Å². The van der Waals surface area contributed by atoms with Crippen molar-refractivity contribution in [1.82, 2.24) is 9.97 Å². The minimum atomic E-state index is 0.440. The summed E-state index contributed by atoms with van der Waals surface area (Å²) < 4.78 is 0.678. The average Bonchev–Trinajstić information content (AvgIpc) is 2.71. The quantitative estimate of drug-likeness (QED) is 0.761. The van der Waals surface area contributed by atoms with Crippen LogP contribution in [0.2, 0.25) is 4.34 Å².